The summed E-state index contributed by atoms with van der Waals surface area (Å²) in [6, 6.07) is 5.78. The summed E-state index contributed by atoms with van der Waals surface area (Å²) in [4.78, 5) is 27.9. The van der Waals surface area contributed by atoms with Crippen molar-refractivity contribution in [3.05, 3.63) is 48.0 Å². The molecule has 2 N–H and O–H groups in total. The van der Waals surface area contributed by atoms with Gasteiger partial charge in [-0.15, -0.1) is 0 Å². The van der Waals surface area contributed by atoms with Gasteiger partial charge in [-0.1, -0.05) is 11.6 Å². The van der Waals surface area contributed by atoms with Crippen molar-refractivity contribution >= 4 is 33.4 Å². The van der Waals surface area contributed by atoms with Crippen LogP contribution in [-0.4, -0.2) is 66.6 Å². The van der Waals surface area contributed by atoms with Crippen LogP contribution in [0.1, 0.15) is 6.42 Å². The molecule has 3 rings (SSSR count). The average molecular weight is 456 g/mol. The lowest BCUT2D eigenvalue weighted by molar-refractivity contribution is -0.139. The highest BCUT2D eigenvalue weighted by molar-refractivity contribution is 7.89. The van der Waals surface area contributed by atoms with Gasteiger partial charge in [-0.05, 0) is 30.7 Å². The van der Waals surface area contributed by atoms with Gasteiger partial charge >= 0.3 is 11.8 Å². The first-order valence-electron chi connectivity index (χ1n) is 9.29. The molecule has 1 saturated heterocycles. The Morgan fingerprint density at radius 1 is 1.20 bits per heavy atom. The summed E-state index contributed by atoms with van der Waals surface area (Å²) in [5.41, 5.74) is 0. The lowest BCUT2D eigenvalue weighted by atomic mass is 10.4. The smallest absolute Gasteiger partial charge is 0.309 e. The van der Waals surface area contributed by atoms with Gasteiger partial charge in [0.15, 0.2) is 0 Å². The Balaban J connectivity index is 1.47. The molecule has 0 aliphatic carbocycles. The third-order valence-corrected chi connectivity index (χ3v) is 6.60. The summed E-state index contributed by atoms with van der Waals surface area (Å²) in [7, 11) is -3.82. The quantitative estimate of drug-likeness (QED) is 0.433. The summed E-state index contributed by atoms with van der Waals surface area (Å²) >= 11 is 5.81. The highest BCUT2D eigenvalue weighted by Crippen LogP contribution is 2.23. The van der Waals surface area contributed by atoms with E-state index in [1.807, 2.05) is 4.57 Å². The van der Waals surface area contributed by atoms with Gasteiger partial charge in [-0.25, -0.2) is 13.4 Å². The number of ether oxygens (including phenoxy) is 1. The number of sulfonamides is 1. The fourth-order valence-corrected chi connectivity index (χ4v) is 4.54. The number of imidazole rings is 1. The fourth-order valence-electron chi connectivity index (χ4n) is 2.91. The average Bonchev–Trinajstić information content (AvgIpc) is 3.41. The number of aromatic nitrogens is 2. The van der Waals surface area contributed by atoms with Gasteiger partial charge in [0.05, 0.1) is 24.4 Å². The maximum absolute atomic E-state index is 12.8. The summed E-state index contributed by atoms with van der Waals surface area (Å²) < 4.78 is 34.1. The molecule has 2 aromatic rings. The summed E-state index contributed by atoms with van der Waals surface area (Å²) in [5.74, 6) is -1.64. The molecule has 1 aliphatic heterocycles. The van der Waals surface area contributed by atoms with Crippen LogP contribution >= 0.6 is 11.6 Å². The van der Waals surface area contributed by atoms with Crippen molar-refractivity contribution < 1.29 is 22.7 Å². The predicted octanol–water partition coefficient (Wildman–Crippen LogP) is 0.206. The fraction of sp³-hybridized carbons (Fsp3) is 0.389. The van der Waals surface area contributed by atoms with E-state index in [-0.39, 0.29) is 24.6 Å². The van der Waals surface area contributed by atoms with Crippen LogP contribution in [0.15, 0.2) is 47.9 Å². The van der Waals surface area contributed by atoms with Gasteiger partial charge in [0.25, 0.3) is 0 Å². The zero-order chi connectivity index (χ0) is 21.6. The summed E-state index contributed by atoms with van der Waals surface area (Å²) in [6.07, 6.45) is 4.87. The zero-order valence-electron chi connectivity index (χ0n) is 16.0. The lowest BCUT2D eigenvalue weighted by Gasteiger charge is -2.22. The molecule has 2 amide bonds. The highest BCUT2D eigenvalue weighted by Gasteiger charge is 2.36. The third kappa shape index (κ3) is 5.57. The van der Waals surface area contributed by atoms with Crippen molar-refractivity contribution in [3.8, 4) is 0 Å². The molecule has 30 heavy (non-hydrogen) atoms. The molecular weight excluding hydrogens is 434 g/mol. The standard InChI is InChI=1S/C18H22ClN5O5S/c19-14-2-4-15(5-3-14)30(27,28)24-10-11-29-16(24)12-22-18(26)17(25)21-6-1-8-23-9-7-20-13-23/h2-5,7,9,13,16H,1,6,8,10-12H2,(H,21,25)(H,22,26)/t16-/m1/s1. The maximum Gasteiger partial charge on any atom is 0.309 e. The van der Waals surface area contributed by atoms with Crippen LogP contribution in [-0.2, 0) is 30.9 Å². The van der Waals surface area contributed by atoms with Gasteiger partial charge < -0.3 is 19.9 Å². The molecule has 0 unspecified atom stereocenters. The van der Waals surface area contributed by atoms with Gasteiger partial charge in [0.2, 0.25) is 10.0 Å². The van der Waals surface area contributed by atoms with Gasteiger partial charge in [0.1, 0.15) is 6.23 Å². The predicted molar refractivity (Wildman–Crippen MR) is 108 cm³/mol. The Hall–Kier alpha value is -2.47. The van der Waals surface area contributed by atoms with E-state index in [1.165, 1.54) is 24.3 Å². The van der Waals surface area contributed by atoms with Crippen molar-refractivity contribution in [2.24, 2.45) is 0 Å². The van der Waals surface area contributed by atoms with Crippen LogP contribution in [0.5, 0.6) is 0 Å². The minimum atomic E-state index is -3.82. The van der Waals surface area contributed by atoms with E-state index in [1.54, 1.807) is 18.7 Å². The monoisotopic (exact) mass is 455 g/mol. The van der Waals surface area contributed by atoms with E-state index in [9.17, 15) is 18.0 Å². The Morgan fingerprint density at radius 2 is 1.93 bits per heavy atom. The van der Waals surface area contributed by atoms with Crippen LogP contribution in [0.3, 0.4) is 0 Å². The number of rotatable bonds is 8. The molecule has 0 bridgehead atoms. The van der Waals surface area contributed by atoms with E-state index in [2.05, 4.69) is 15.6 Å². The van der Waals surface area contributed by atoms with E-state index in [0.717, 1.165) is 4.31 Å². The van der Waals surface area contributed by atoms with Crippen molar-refractivity contribution in [1.29, 1.82) is 0 Å². The molecule has 0 radical (unpaired) electrons. The highest BCUT2D eigenvalue weighted by atomic mass is 35.5. The number of benzene rings is 1. The lowest BCUT2D eigenvalue weighted by Crippen LogP contribution is -2.47. The van der Waals surface area contributed by atoms with Gasteiger partial charge in [-0.2, -0.15) is 4.31 Å². The molecule has 0 saturated carbocycles. The number of nitrogens with zero attached hydrogens (tertiary/aromatic N) is 3. The Bertz CT molecular complexity index is 965. The second-order valence-corrected chi connectivity index (χ2v) is 8.84. The van der Waals surface area contributed by atoms with Crippen LogP contribution in [0.4, 0.5) is 0 Å². The molecule has 0 spiro atoms. The maximum atomic E-state index is 12.8. The second kappa shape index (κ2) is 10.0. The molecule has 1 aromatic heterocycles. The Morgan fingerprint density at radius 3 is 2.63 bits per heavy atom. The first-order valence-corrected chi connectivity index (χ1v) is 11.1. The van der Waals surface area contributed by atoms with Crippen molar-refractivity contribution in [3.63, 3.8) is 0 Å². The van der Waals surface area contributed by atoms with Crippen LogP contribution in [0.25, 0.3) is 0 Å². The molecule has 1 aliphatic rings. The molecular formula is C18H22ClN5O5S. The summed E-state index contributed by atoms with van der Waals surface area (Å²) in [6.45, 7) is 1.17. The van der Waals surface area contributed by atoms with E-state index in [0.29, 0.717) is 24.5 Å². The number of carbonyl (C=O) groups excluding carboxylic acids is 2. The number of aryl methyl sites for hydroxylation is 1. The topological polar surface area (TPSA) is 123 Å². The number of amides is 2. The number of carbonyl (C=O) groups is 2. The van der Waals surface area contributed by atoms with Crippen LogP contribution in [0, 0.1) is 0 Å². The van der Waals surface area contributed by atoms with Gasteiger partial charge in [-0.3, -0.25) is 9.59 Å². The second-order valence-electron chi connectivity index (χ2n) is 6.52. The van der Waals surface area contributed by atoms with Crippen LogP contribution < -0.4 is 10.6 Å². The molecule has 2 heterocycles. The normalized spacial score (nSPS) is 17.0. The Labute approximate surface area is 179 Å². The minimum Gasteiger partial charge on any atom is -0.359 e. The molecule has 10 nitrogen and oxygen atoms in total. The van der Waals surface area contributed by atoms with E-state index < -0.39 is 28.1 Å². The van der Waals surface area contributed by atoms with Crippen molar-refractivity contribution in [2.45, 2.75) is 24.1 Å². The number of nitrogens with one attached hydrogen (secondary N) is 2. The van der Waals surface area contributed by atoms with E-state index >= 15 is 0 Å². The molecule has 162 valence electrons. The first kappa shape index (κ1) is 22.2. The third-order valence-electron chi connectivity index (χ3n) is 4.44. The Kier molecular flexibility index (Phi) is 7.43. The number of halogens is 1. The van der Waals surface area contributed by atoms with E-state index in [4.69, 9.17) is 16.3 Å². The van der Waals surface area contributed by atoms with Crippen molar-refractivity contribution in [1.82, 2.24) is 24.5 Å². The molecule has 1 fully saturated rings. The van der Waals surface area contributed by atoms with Crippen LogP contribution in [0.2, 0.25) is 5.02 Å². The molecule has 12 heteroatoms. The summed E-state index contributed by atoms with van der Waals surface area (Å²) in [5, 5.41) is 5.37. The molecule has 1 aromatic carbocycles. The minimum absolute atomic E-state index is 0.0735. The largest absolute Gasteiger partial charge is 0.359 e. The SMILES string of the molecule is O=C(NCCCn1ccnc1)C(=O)NC[C@H]1OCCN1S(=O)(=O)c1ccc(Cl)cc1. The first-order chi connectivity index (χ1) is 14.4. The zero-order valence-corrected chi connectivity index (χ0v) is 17.6. The number of hydrogen-bond donors (Lipinski definition) is 2. The van der Waals surface area contributed by atoms with Gasteiger partial charge in [0, 0.05) is 37.1 Å². The number of hydrogen-bond acceptors (Lipinski definition) is 6. The van der Waals surface area contributed by atoms with Crippen molar-refractivity contribution in [2.75, 3.05) is 26.2 Å². The molecule has 1 atom stereocenters.